The number of pyridine rings is 1. The summed E-state index contributed by atoms with van der Waals surface area (Å²) in [6.07, 6.45) is 8.22. The van der Waals surface area contributed by atoms with E-state index in [4.69, 9.17) is 10.2 Å². The first-order chi connectivity index (χ1) is 14.8. The Kier molecular flexibility index (Phi) is 6.04. The fourth-order valence-electron chi connectivity index (χ4n) is 4.45. The van der Waals surface area contributed by atoms with Crippen molar-refractivity contribution in [2.75, 3.05) is 6.54 Å². The number of nitrogens with zero attached hydrogens (tertiary/aromatic N) is 4. The zero-order valence-electron chi connectivity index (χ0n) is 17.8. The molecule has 164 valence electrons. The molecule has 0 aromatic carbocycles. The van der Waals surface area contributed by atoms with Crippen LogP contribution in [0.2, 0.25) is 0 Å². The average molecular weight is 487 g/mol. The number of nitrogens with one attached hydrogen (secondary N) is 2. The third-order valence-corrected chi connectivity index (χ3v) is 6.60. The Hall–Kier alpha value is -2.44. The number of fused-ring (bicyclic) bond motifs is 3. The van der Waals surface area contributed by atoms with Crippen molar-refractivity contribution in [2.24, 2.45) is 5.92 Å². The summed E-state index contributed by atoms with van der Waals surface area (Å²) in [4.78, 5) is 25.1. The molecular formula is C22H27BrN6O2. The highest BCUT2D eigenvalue weighted by atomic mass is 79.9. The second-order valence-corrected chi connectivity index (χ2v) is 9.91. The van der Waals surface area contributed by atoms with E-state index in [1.807, 2.05) is 6.20 Å². The number of imidazole rings is 1. The molecule has 0 spiro atoms. The van der Waals surface area contributed by atoms with Crippen molar-refractivity contribution in [1.29, 1.82) is 5.26 Å². The number of carbonyl (C=O) groups is 1. The third-order valence-electron chi connectivity index (χ3n) is 5.97. The zero-order chi connectivity index (χ0) is 22.2. The molecule has 0 aliphatic heterocycles. The van der Waals surface area contributed by atoms with Crippen LogP contribution in [0.3, 0.4) is 0 Å². The molecule has 31 heavy (non-hydrogen) atoms. The predicted octanol–water partition coefficient (Wildman–Crippen LogP) is 3.75. The standard InChI is InChI=1S/C22H27BrN6O2/c1-22(2,31)12-27-18(30)9-17-28-16-11-26-21-19(15(23)10-25-21)20(16)29(17)14-5-3-13(4-6-14)7-8-24/h10-11,13-14,31H,3-7,9,12H2,1-2H3,(H,25,26)(H,27,30). The molecule has 0 bridgehead atoms. The molecule has 1 fully saturated rings. The van der Waals surface area contributed by atoms with Crippen LogP contribution in [-0.2, 0) is 11.2 Å². The minimum absolute atomic E-state index is 0.131. The van der Waals surface area contributed by atoms with Gasteiger partial charge in [-0.3, -0.25) is 4.79 Å². The molecule has 1 aliphatic carbocycles. The van der Waals surface area contributed by atoms with Crippen molar-refractivity contribution < 1.29 is 9.90 Å². The number of hydrogen-bond donors (Lipinski definition) is 3. The summed E-state index contributed by atoms with van der Waals surface area (Å²) in [5, 5.41) is 22.7. The van der Waals surface area contributed by atoms with Crippen LogP contribution in [0.5, 0.6) is 0 Å². The molecule has 0 saturated heterocycles. The maximum absolute atomic E-state index is 12.6. The molecule has 1 amide bonds. The van der Waals surface area contributed by atoms with Gasteiger partial charge in [0.15, 0.2) is 0 Å². The van der Waals surface area contributed by atoms with Crippen molar-refractivity contribution in [3.05, 3.63) is 22.7 Å². The van der Waals surface area contributed by atoms with E-state index >= 15 is 0 Å². The number of amides is 1. The topological polar surface area (TPSA) is 120 Å². The van der Waals surface area contributed by atoms with Gasteiger partial charge in [0.05, 0.1) is 35.2 Å². The van der Waals surface area contributed by atoms with Gasteiger partial charge in [0.1, 0.15) is 17.0 Å². The van der Waals surface area contributed by atoms with E-state index in [-0.39, 0.29) is 24.9 Å². The molecule has 3 aromatic heterocycles. The smallest absolute Gasteiger partial charge is 0.227 e. The van der Waals surface area contributed by atoms with Crippen molar-refractivity contribution in [3.63, 3.8) is 0 Å². The lowest BCUT2D eigenvalue weighted by Crippen LogP contribution is -2.39. The molecule has 8 nitrogen and oxygen atoms in total. The highest BCUT2D eigenvalue weighted by Gasteiger charge is 2.28. The summed E-state index contributed by atoms with van der Waals surface area (Å²) < 4.78 is 3.13. The Bertz CT molecular complexity index is 1140. The number of H-pyrrole nitrogens is 1. The van der Waals surface area contributed by atoms with Crippen LogP contribution in [0.1, 0.15) is 57.8 Å². The second-order valence-electron chi connectivity index (χ2n) is 9.05. The van der Waals surface area contributed by atoms with Gasteiger partial charge in [0.2, 0.25) is 5.91 Å². The Morgan fingerprint density at radius 3 is 2.84 bits per heavy atom. The van der Waals surface area contributed by atoms with Crippen molar-refractivity contribution in [3.8, 4) is 6.07 Å². The minimum atomic E-state index is -0.971. The first kappa shape index (κ1) is 21.8. The first-order valence-electron chi connectivity index (χ1n) is 10.6. The largest absolute Gasteiger partial charge is 0.389 e. The molecule has 4 rings (SSSR count). The van der Waals surface area contributed by atoms with Crippen LogP contribution >= 0.6 is 15.9 Å². The van der Waals surface area contributed by atoms with Crippen LogP contribution < -0.4 is 5.32 Å². The fraction of sp³-hybridized carbons (Fsp3) is 0.545. The minimum Gasteiger partial charge on any atom is -0.389 e. The van der Waals surface area contributed by atoms with Gasteiger partial charge in [0.25, 0.3) is 0 Å². The number of aliphatic hydroxyl groups is 1. The lowest BCUT2D eigenvalue weighted by atomic mass is 9.84. The lowest BCUT2D eigenvalue weighted by Gasteiger charge is -2.30. The predicted molar refractivity (Wildman–Crippen MR) is 121 cm³/mol. The van der Waals surface area contributed by atoms with Crippen LogP contribution in [0.4, 0.5) is 0 Å². The molecule has 0 unspecified atom stereocenters. The number of carbonyl (C=O) groups excluding carboxylic acids is 1. The Balaban J connectivity index is 1.72. The quantitative estimate of drug-likeness (QED) is 0.489. The Morgan fingerprint density at radius 1 is 1.42 bits per heavy atom. The molecule has 0 atom stereocenters. The van der Waals surface area contributed by atoms with Gasteiger partial charge in [-0.15, -0.1) is 0 Å². The molecule has 0 radical (unpaired) electrons. The van der Waals surface area contributed by atoms with Gasteiger partial charge < -0.3 is 20.0 Å². The SMILES string of the molecule is CC(C)(O)CNC(=O)Cc1nc2cnc3[nH]cc(Br)c3c2n1C1CCC(CC#N)CC1. The monoisotopic (exact) mass is 486 g/mol. The lowest BCUT2D eigenvalue weighted by molar-refractivity contribution is -0.121. The molecule has 9 heteroatoms. The van der Waals surface area contributed by atoms with Gasteiger partial charge in [-0.2, -0.15) is 5.26 Å². The van der Waals surface area contributed by atoms with E-state index in [1.54, 1.807) is 20.0 Å². The number of aromatic amines is 1. The molecular weight excluding hydrogens is 460 g/mol. The van der Waals surface area contributed by atoms with Gasteiger partial charge >= 0.3 is 0 Å². The summed E-state index contributed by atoms with van der Waals surface area (Å²) in [7, 11) is 0. The third kappa shape index (κ3) is 4.60. The van der Waals surface area contributed by atoms with Crippen LogP contribution in [-0.4, -0.2) is 42.7 Å². The van der Waals surface area contributed by atoms with E-state index in [1.165, 1.54) is 0 Å². The van der Waals surface area contributed by atoms with E-state index in [2.05, 4.69) is 41.9 Å². The summed E-state index contributed by atoms with van der Waals surface area (Å²) in [5.74, 6) is 0.971. The van der Waals surface area contributed by atoms with Gasteiger partial charge in [-0.25, -0.2) is 9.97 Å². The number of hydrogen-bond acceptors (Lipinski definition) is 5. The van der Waals surface area contributed by atoms with Crippen molar-refractivity contribution in [2.45, 2.75) is 64.0 Å². The molecule has 1 saturated carbocycles. The molecule has 3 heterocycles. The molecule has 3 aromatic rings. The van der Waals surface area contributed by atoms with Crippen molar-refractivity contribution >= 4 is 43.9 Å². The van der Waals surface area contributed by atoms with E-state index in [0.717, 1.165) is 52.2 Å². The van der Waals surface area contributed by atoms with Gasteiger partial charge in [0, 0.05) is 29.7 Å². The summed E-state index contributed by atoms with van der Waals surface area (Å²) in [5.41, 5.74) is 1.54. The maximum Gasteiger partial charge on any atom is 0.227 e. The van der Waals surface area contributed by atoms with Crippen molar-refractivity contribution in [1.82, 2.24) is 24.8 Å². The number of nitriles is 1. The highest BCUT2D eigenvalue weighted by Crippen LogP contribution is 2.39. The fourth-order valence-corrected chi connectivity index (χ4v) is 4.94. The second kappa shape index (κ2) is 8.60. The summed E-state index contributed by atoms with van der Waals surface area (Å²) in [6, 6.07) is 2.51. The average Bonchev–Trinajstić information content (AvgIpc) is 3.27. The normalized spacial score (nSPS) is 19.6. The zero-order valence-corrected chi connectivity index (χ0v) is 19.4. The number of halogens is 1. The number of rotatable bonds is 6. The van der Waals surface area contributed by atoms with E-state index < -0.39 is 5.60 Å². The first-order valence-corrected chi connectivity index (χ1v) is 11.4. The van der Waals surface area contributed by atoms with E-state index in [9.17, 15) is 9.90 Å². The van der Waals surface area contributed by atoms with Crippen LogP contribution in [0, 0.1) is 17.2 Å². The van der Waals surface area contributed by atoms with Crippen LogP contribution in [0.15, 0.2) is 16.9 Å². The maximum atomic E-state index is 12.6. The molecule has 3 N–H and O–H groups in total. The van der Waals surface area contributed by atoms with Gasteiger partial charge in [-0.05, 0) is 61.4 Å². The number of aromatic nitrogens is 4. The highest BCUT2D eigenvalue weighted by molar-refractivity contribution is 9.10. The Labute approximate surface area is 189 Å². The van der Waals surface area contributed by atoms with E-state index in [0.29, 0.717) is 18.2 Å². The van der Waals surface area contributed by atoms with Crippen LogP contribution in [0.25, 0.3) is 22.1 Å². The Morgan fingerprint density at radius 2 is 2.16 bits per heavy atom. The summed E-state index contributed by atoms with van der Waals surface area (Å²) >= 11 is 3.63. The summed E-state index contributed by atoms with van der Waals surface area (Å²) in [6.45, 7) is 3.50. The molecule has 1 aliphatic rings. The van der Waals surface area contributed by atoms with Gasteiger partial charge in [-0.1, -0.05) is 0 Å².